The van der Waals surface area contributed by atoms with Gasteiger partial charge in [-0.3, -0.25) is 10.1 Å². The fraction of sp³-hybridized carbons (Fsp3) is 0.400. The second-order valence-corrected chi connectivity index (χ2v) is 4.76. The molecule has 0 bridgehead atoms. The zero-order valence-corrected chi connectivity index (χ0v) is 12.1. The average Bonchev–Trinajstić information content (AvgIpc) is 2.44. The molecule has 2 rings (SSSR count). The van der Waals surface area contributed by atoms with E-state index in [-0.39, 0.29) is 24.1 Å². The predicted octanol–water partition coefficient (Wildman–Crippen LogP) is 1.44. The molecular formula is C15H18ClNO3. The van der Waals surface area contributed by atoms with Crippen molar-refractivity contribution in [3.63, 3.8) is 0 Å². The zero-order chi connectivity index (χ0) is 13.9. The van der Waals surface area contributed by atoms with Crippen LogP contribution >= 0.6 is 12.4 Å². The van der Waals surface area contributed by atoms with Gasteiger partial charge in [0.25, 0.3) is 0 Å². The molecule has 0 saturated carbocycles. The molecular weight excluding hydrogens is 278 g/mol. The van der Waals surface area contributed by atoms with Crippen molar-refractivity contribution in [1.82, 2.24) is 5.32 Å². The molecule has 2 N–H and O–H groups in total. The SMILES string of the molecule is C#CCNC1(C(=O)OC)CCc2cc(O)ccc2C1.Cl. The minimum absolute atomic E-state index is 0. The van der Waals surface area contributed by atoms with Crippen LogP contribution in [0.15, 0.2) is 18.2 Å². The van der Waals surface area contributed by atoms with Crippen LogP contribution in [0.3, 0.4) is 0 Å². The summed E-state index contributed by atoms with van der Waals surface area (Å²) in [5.74, 6) is 2.45. The van der Waals surface area contributed by atoms with Crippen molar-refractivity contribution in [3.8, 4) is 18.1 Å². The molecule has 0 fully saturated rings. The van der Waals surface area contributed by atoms with E-state index in [0.717, 1.165) is 11.1 Å². The number of carbonyl (C=O) groups excluding carboxylic acids is 1. The number of ether oxygens (including phenoxy) is 1. The molecule has 20 heavy (non-hydrogen) atoms. The summed E-state index contributed by atoms with van der Waals surface area (Å²) in [7, 11) is 1.38. The number of benzene rings is 1. The highest BCUT2D eigenvalue weighted by Crippen LogP contribution is 2.31. The molecule has 0 aliphatic heterocycles. The highest BCUT2D eigenvalue weighted by Gasteiger charge is 2.41. The lowest BCUT2D eigenvalue weighted by Crippen LogP contribution is -2.56. The van der Waals surface area contributed by atoms with Crippen LogP contribution in [0.5, 0.6) is 5.75 Å². The fourth-order valence-corrected chi connectivity index (χ4v) is 2.59. The first kappa shape index (κ1) is 16.4. The molecule has 0 heterocycles. The van der Waals surface area contributed by atoms with E-state index in [9.17, 15) is 9.90 Å². The molecule has 1 aliphatic carbocycles. The van der Waals surface area contributed by atoms with Crippen molar-refractivity contribution in [2.45, 2.75) is 24.8 Å². The molecule has 0 spiro atoms. The summed E-state index contributed by atoms with van der Waals surface area (Å²) in [5.41, 5.74) is 1.35. The monoisotopic (exact) mass is 295 g/mol. The Morgan fingerprint density at radius 3 is 2.95 bits per heavy atom. The maximum Gasteiger partial charge on any atom is 0.326 e. The zero-order valence-electron chi connectivity index (χ0n) is 11.3. The van der Waals surface area contributed by atoms with Gasteiger partial charge in [-0.15, -0.1) is 18.8 Å². The Hall–Kier alpha value is -1.70. The molecule has 1 unspecified atom stereocenters. The maximum atomic E-state index is 12.1. The van der Waals surface area contributed by atoms with E-state index in [1.165, 1.54) is 7.11 Å². The number of fused-ring (bicyclic) bond motifs is 1. The standard InChI is InChI=1S/C15H17NO3.ClH/c1-3-8-16-15(14(18)19-2)7-6-11-9-13(17)5-4-12(11)10-15;/h1,4-5,9,16-17H,6-8,10H2,2H3;1H. The summed E-state index contributed by atoms with van der Waals surface area (Å²) in [6.45, 7) is 0.322. The Bertz CT molecular complexity index is 538. The third-order valence-electron chi connectivity index (χ3n) is 3.61. The van der Waals surface area contributed by atoms with E-state index in [0.29, 0.717) is 25.8 Å². The summed E-state index contributed by atoms with van der Waals surface area (Å²) < 4.78 is 4.91. The van der Waals surface area contributed by atoms with Gasteiger partial charge in [0.1, 0.15) is 11.3 Å². The number of rotatable bonds is 3. The minimum atomic E-state index is -0.759. The largest absolute Gasteiger partial charge is 0.508 e. The lowest BCUT2D eigenvalue weighted by Gasteiger charge is -2.36. The summed E-state index contributed by atoms with van der Waals surface area (Å²) in [5, 5.41) is 12.6. The molecule has 0 saturated heterocycles. The Balaban J connectivity index is 0.00000200. The normalized spacial score (nSPS) is 20.2. The second kappa shape index (κ2) is 6.65. The summed E-state index contributed by atoms with van der Waals surface area (Å²) in [4.78, 5) is 12.1. The van der Waals surface area contributed by atoms with E-state index in [1.807, 2.05) is 6.07 Å². The maximum absolute atomic E-state index is 12.1. The lowest BCUT2D eigenvalue weighted by atomic mass is 9.77. The number of halogens is 1. The number of aromatic hydroxyl groups is 1. The van der Waals surface area contributed by atoms with Crippen LogP contribution in [-0.2, 0) is 22.4 Å². The van der Waals surface area contributed by atoms with E-state index in [1.54, 1.807) is 12.1 Å². The van der Waals surface area contributed by atoms with Gasteiger partial charge in [-0.2, -0.15) is 0 Å². The first-order valence-corrected chi connectivity index (χ1v) is 6.19. The molecule has 108 valence electrons. The van der Waals surface area contributed by atoms with Gasteiger partial charge in [-0.1, -0.05) is 12.0 Å². The Labute approximate surface area is 124 Å². The molecule has 1 aliphatic rings. The van der Waals surface area contributed by atoms with E-state index < -0.39 is 5.54 Å². The Kier molecular flexibility index (Phi) is 5.43. The van der Waals surface area contributed by atoms with Gasteiger partial charge in [-0.25, -0.2) is 0 Å². The lowest BCUT2D eigenvalue weighted by molar-refractivity contribution is -0.149. The smallest absolute Gasteiger partial charge is 0.326 e. The number of terminal acetylenes is 1. The number of hydrogen-bond donors (Lipinski definition) is 2. The minimum Gasteiger partial charge on any atom is -0.508 e. The number of carbonyl (C=O) groups is 1. The number of nitrogens with one attached hydrogen (secondary N) is 1. The van der Waals surface area contributed by atoms with Crippen LogP contribution < -0.4 is 5.32 Å². The Morgan fingerprint density at radius 2 is 2.30 bits per heavy atom. The molecule has 5 heteroatoms. The van der Waals surface area contributed by atoms with Crippen LogP contribution in [0.2, 0.25) is 0 Å². The first-order valence-electron chi connectivity index (χ1n) is 6.19. The number of aryl methyl sites for hydroxylation is 1. The quantitative estimate of drug-likeness (QED) is 0.654. The van der Waals surface area contributed by atoms with Gasteiger partial charge in [0.15, 0.2) is 0 Å². The third-order valence-corrected chi connectivity index (χ3v) is 3.61. The average molecular weight is 296 g/mol. The van der Waals surface area contributed by atoms with Crippen molar-refractivity contribution in [1.29, 1.82) is 0 Å². The van der Waals surface area contributed by atoms with Crippen molar-refractivity contribution < 1.29 is 14.6 Å². The van der Waals surface area contributed by atoms with Crippen LogP contribution in [0.4, 0.5) is 0 Å². The number of methoxy groups -OCH3 is 1. The first-order chi connectivity index (χ1) is 9.11. The summed E-state index contributed by atoms with van der Waals surface area (Å²) in [6, 6.07) is 5.23. The molecule has 0 radical (unpaired) electrons. The molecule has 1 atom stereocenters. The van der Waals surface area contributed by atoms with Gasteiger partial charge in [-0.05, 0) is 36.1 Å². The van der Waals surface area contributed by atoms with E-state index in [4.69, 9.17) is 11.2 Å². The van der Waals surface area contributed by atoms with Gasteiger partial charge in [0, 0.05) is 6.42 Å². The second-order valence-electron chi connectivity index (χ2n) is 4.76. The molecule has 1 aromatic rings. The fourth-order valence-electron chi connectivity index (χ4n) is 2.59. The molecule has 0 amide bonds. The van der Waals surface area contributed by atoms with Crippen LogP contribution in [0, 0.1) is 12.3 Å². The Morgan fingerprint density at radius 1 is 1.55 bits per heavy atom. The topological polar surface area (TPSA) is 58.6 Å². The van der Waals surface area contributed by atoms with Crippen molar-refractivity contribution >= 4 is 18.4 Å². The number of phenolic OH excluding ortho intramolecular Hbond substituents is 1. The highest BCUT2D eigenvalue weighted by atomic mass is 35.5. The van der Waals surface area contributed by atoms with E-state index >= 15 is 0 Å². The van der Waals surface area contributed by atoms with Gasteiger partial charge >= 0.3 is 5.97 Å². The van der Waals surface area contributed by atoms with Crippen molar-refractivity contribution in [2.24, 2.45) is 0 Å². The highest BCUT2D eigenvalue weighted by molar-refractivity contribution is 5.85. The number of esters is 1. The number of hydrogen-bond acceptors (Lipinski definition) is 4. The van der Waals surface area contributed by atoms with Crippen molar-refractivity contribution in [2.75, 3.05) is 13.7 Å². The molecule has 0 aromatic heterocycles. The predicted molar refractivity (Wildman–Crippen MR) is 79.0 cm³/mol. The number of phenols is 1. The van der Waals surface area contributed by atoms with Crippen LogP contribution in [0.1, 0.15) is 17.5 Å². The summed E-state index contributed by atoms with van der Waals surface area (Å²) in [6.07, 6.45) is 7.10. The van der Waals surface area contributed by atoms with Crippen LogP contribution in [0.25, 0.3) is 0 Å². The summed E-state index contributed by atoms with van der Waals surface area (Å²) >= 11 is 0. The van der Waals surface area contributed by atoms with E-state index in [2.05, 4.69) is 11.2 Å². The molecule has 4 nitrogen and oxygen atoms in total. The third kappa shape index (κ3) is 3.06. The van der Waals surface area contributed by atoms with Gasteiger partial charge < -0.3 is 9.84 Å². The van der Waals surface area contributed by atoms with Gasteiger partial charge in [0.2, 0.25) is 0 Å². The molecule has 1 aromatic carbocycles. The van der Waals surface area contributed by atoms with Crippen molar-refractivity contribution in [3.05, 3.63) is 29.3 Å². The van der Waals surface area contributed by atoms with Crippen LogP contribution in [-0.4, -0.2) is 30.3 Å². The van der Waals surface area contributed by atoms with Gasteiger partial charge in [0.05, 0.1) is 13.7 Å².